The van der Waals surface area contributed by atoms with Crippen LogP contribution in [0, 0.1) is 0 Å². The van der Waals surface area contributed by atoms with Crippen molar-refractivity contribution in [2.24, 2.45) is 0 Å². The molecule has 0 saturated carbocycles. The van der Waals surface area contributed by atoms with E-state index < -0.39 is 0 Å². The Balaban J connectivity index is 2.09. The number of amides is 1. The minimum Gasteiger partial charge on any atom is -0.395 e. The van der Waals surface area contributed by atoms with Crippen LogP contribution in [0.4, 0.5) is 0 Å². The fourth-order valence-corrected chi connectivity index (χ4v) is 3.47. The summed E-state index contributed by atoms with van der Waals surface area (Å²) < 4.78 is 0. The first-order chi connectivity index (χ1) is 11.2. The lowest BCUT2D eigenvalue weighted by molar-refractivity contribution is -0.124. The molecule has 1 aliphatic carbocycles. The van der Waals surface area contributed by atoms with Crippen LogP contribution < -0.4 is 5.32 Å². The van der Waals surface area contributed by atoms with Crippen LogP contribution in [-0.4, -0.2) is 47.7 Å². The maximum atomic E-state index is 12.2. The highest BCUT2D eigenvalue weighted by molar-refractivity contribution is 5.78. The molecule has 0 bridgehead atoms. The van der Waals surface area contributed by atoms with Crippen LogP contribution in [-0.2, 0) is 17.6 Å². The van der Waals surface area contributed by atoms with Gasteiger partial charge in [0.25, 0.3) is 0 Å². The van der Waals surface area contributed by atoms with Crippen molar-refractivity contribution in [3.05, 3.63) is 35.4 Å². The van der Waals surface area contributed by atoms with E-state index in [-0.39, 0.29) is 18.6 Å². The Hall–Kier alpha value is -1.39. The second kappa shape index (κ2) is 9.04. The first kappa shape index (κ1) is 18.0. The lowest BCUT2D eigenvalue weighted by Gasteiger charge is -2.39. The number of carbonyl (C=O) groups is 1. The van der Waals surface area contributed by atoms with Gasteiger partial charge in [0.05, 0.1) is 13.2 Å². The van der Waals surface area contributed by atoms with E-state index >= 15 is 0 Å². The molecule has 2 N–H and O–H groups in total. The normalized spacial score (nSPS) is 18.5. The van der Waals surface area contributed by atoms with Gasteiger partial charge in [-0.2, -0.15) is 0 Å². The molecule has 1 aromatic rings. The van der Waals surface area contributed by atoms with Crippen LogP contribution in [0.1, 0.15) is 44.2 Å². The summed E-state index contributed by atoms with van der Waals surface area (Å²) >= 11 is 0. The summed E-state index contributed by atoms with van der Waals surface area (Å²) in [5.41, 5.74) is 2.81. The number of aryl methyl sites for hydroxylation is 1. The van der Waals surface area contributed by atoms with Crippen LogP contribution in [0.15, 0.2) is 24.3 Å². The quantitative estimate of drug-likeness (QED) is 0.772. The van der Waals surface area contributed by atoms with Crippen molar-refractivity contribution in [2.75, 3.05) is 19.7 Å². The summed E-state index contributed by atoms with van der Waals surface area (Å²) in [7, 11) is 0. The third-order valence-electron chi connectivity index (χ3n) is 4.84. The van der Waals surface area contributed by atoms with Crippen LogP contribution in [0.3, 0.4) is 0 Å². The third-order valence-corrected chi connectivity index (χ3v) is 4.84. The van der Waals surface area contributed by atoms with Gasteiger partial charge in [-0.3, -0.25) is 9.69 Å². The molecule has 128 valence electrons. The maximum Gasteiger partial charge on any atom is 0.234 e. The highest BCUT2D eigenvalue weighted by Crippen LogP contribution is 2.26. The Morgan fingerprint density at radius 1 is 1.35 bits per heavy atom. The first-order valence-corrected chi connectivity index (χ1v) is 8.89. The molecule has 0 fully saturated rings. The van der Waals surface area contributed by atoms with E-state index in [1.165, 1.54) is 11.1 Å². The van der Waals surface area contributed by atoms with Gasteiger partial charge in [0.15, 0.2) is 0 Å². The molecule has 2 atom stereocenters. The average Bonchev–Trinajstić information content (AvgIpc) is 2.59. The second-order valence-corrected chi connectivity index (χ2v) is 6.43. The molecule has 0 spiro atoms. The number of nitrogens with one attached hydrogen (secondary N) is 1. The Morgan fingerprint density at radius 2 is 2.09 bits per heavy atom. The Bertz CT molecular complexity index is 500. The van der Waals surface area contributed by atoms with Crippen LogP contribution in [0.5, 0.6) is 0 Å². The molecule has 1 aliphatic rings. The van der Waals surface area contributed by atoms with Crippen molar-refractivity contribution >= 4 is 5.91 Å². The molecular weight excluding hydrogens is 288 g/mol. The summed E-state index contributed by atoms with van der Waals surface area (Å²) in [6.07, 6.45) is 4.87. The minimum absolute atomic E-state index is 0.0534. The molecule has 0 heterocycles. The lowest BCUT2D eigenvalue weighted by atomic mass is 9.86. The monoisotopic (exact) mass is 318 g/mol. The number of aliphatic hydroxyl groups is 1. The van der Waals surface area contributed by atoms with Gasteiger partial charge in [-0.05, 0) is 43.2 Å². The van der Waals surface area contributed by atoms with Crippen LogP contribution in [0.25, 0.3) is 0 Å². The third kappa shape index (κ3) is 4.79. The molecule has 4 nitrogen and oxygen atoms in total. The first-order valence-electron chi connectivity index (χ1n) is 8.89. The van der Waals surface area contributed by atoms with E-state index in [0.717, 1.165) is 38.6 Å². The molecule has 2 rings (SSSR count). The van der Waals surface area contributed by atoms with Crippen LogP contribution >= 0.6 is 0 Å². The predicted octanol–water partition coefficient (Wildman–Crippen LogP) is 2.14. The van der Waals surface area contributed by atoms with E-state index in [1.54, 1.807) is 0 Å². The molecule has 23 heavy (non-hydrogen) atoms. The van der Waals surface area contributed by atoms with Crippen molar-refractivity contribution in [2.45, 2.75) is 58.0 Å². The second-order valence-electron chi connectivity index (χ2n) is 6.43. The Labute approximate surface area is 139 Å². The number of fused-ring (bicyclic) bond motifs is 1. The van der Waals surface area contributed by atoms with E-state index in [0.29, 0.717) is 12.6 Å². The molecule has 1 aromatic carbocycles. The number of hydrogen-bond donors (Lipinski definition) is 2. The van der Waals surface area contributed by atoms with Crippen molar-refractivity contribution in [1.82, 2.24) is 10.2 Å². The van der Waals surface area contributed by atoms with Crippen molar-refractivity contribution < 1.29 is 9.90 Å². The van der Waals surface area contributed by atoms with Crippen LogP contribution in [0.2, 0.25) is 0 Å². The summed E-state index contributed by atoms with van der Waals surface area (Å²) in [6.45, 7) is 5.34. The number of hydrogen-bond acceptors (Lipinski definition) is 3. The Morgan fingerprint density at radius 3 is 2.74 bits per heavy atom. The number of aliphatic hydroxyl groups excluding tert-OH is 1. The van der Waals surface area contributed by atoms with Gasteiger partial charge in [0, 0.05) is 18.6 Å². The largest absolute Gasteiger partial charge is 0.395 e. The van der Waals surface area contributed by atoms with Crippen molar-refractivity contribution in [1.29, 1.82) is 0 Å². The van der Waals surface area contributed by atoms with Gasteiger partial charge < -0.3 is 10.4 Å². The zero-order valence-electron chi connectivity index (χ0n) is 14.4. The number of nitrogens with zero attached hydrogens (tertiary/aromatic N) is 1. The van der Waals surface area contributed by atoms with Gasteiger partial charge in [-0.25, -0.2) is 0 Å². The van der Waals surface area contributed by atoms with Gasteiger partial charge in [0.2, 0.25) is 5.91 Å². The van der Waals surface area contributed by atoms with E-state index in [2.05, 4.69) is 48.3 Å². The van der Waals surface area contributed by atoms with Gasteiger partial charge in [-0.1, -0.05) is 38.1 Å². The molecular formula is C19H30N2O2. The van der Waals surface area contributed by atoms with Gasteiger partial charge >= 0.3 is 0 Å². The molecule has 0 aromatic heterocycles. The maximum absolute atomic E-state index is 12.2. The summed E-state index contributed by atoms with van der Waals surface area (Å²) in [5, 5.41) is 12.7. The molecule has 1 amide bonds. The zero-order valence-corrected chi connectivity index (χ0v) is 14.4. The molecule has 0 radical (unpaired) electrons. The van der Waals surface area contributed by atoms with Gasteiger partial charge in [0.1, 0.15) is 0 Å². The SMILES string of the molecule is CCCNC(=O)CN([C@@H]1CCc2ccccc2C1)[C@@H](CC)CO. The molecule has 0 aliphatic heterocycles. The van der Waals surface area contributed by atoms with Crippen molar-refractivity contribution in [3.63, 3.8) is 0 Å². The number of benzene rings is 1. The van der Waals surface area contributed by atoms with Crippen molar-refractivity contribution in [3.8, 4) is 0 Å². The summed E-state index contributed by atoms with van der Waals surface area (Å²) in [5.74, 6) is 0.0672. The van der Waals surface area contributed by atoms with E-state index in [1.807, 2.05) is 0 Å². The zero-order chi connectivity index (χ0) is 16.7. The fourth-order valence-electron chi connectivity index (χ4n) is 3.47. The molecule has 0 unspecified atom stereocenters. The minimum atomic E-state index is 0.0534. The summed E-state index contributed by atoms with van der Waals surface area (Å²) in [4.78, 5) is 14.4. The Kier molecular flexibility index (Phi) is 7.06. The van der Waals surface area contributed by atoms with Gasteiger partial charge in [-0.15, -0.1) is 0 Å². The fraction of sp³-hybridized carbons (Fsp3) is 0.632. The predicted molar refractivity (Wildman–Crippen MR) is 93.4 cm³/mol. The summed E-state index contributed by atoms with van der Waals surface area (Å²) in [6, 6.07) is 8.96. The standard InChI is InChI=1S/C19H30N2O2/c1-3-11-20-19(23)13-21(17(4-2)14-22)18-10-9-15-7-5-6-8-16(15)12-18/h5-8,17-18,22H,3-4,9-14H2,1-2H3,(H,20,23)/t17-,18+/m0/s1. The topological polar surface area (TPSA) is 52.6 Å². The lowest BCUT2D eigenvalue weighted by Crippen LogP contribution is -2.51. The molecule has 4 heteroatoms. The number of carbonyl (C=O) groups excluding carboxylic acids is 1. The average molecular weight is 318 g/mol. The number of rotatable bonds is 8. The van der Waals surface area contributed by atoms with E-state index in [4.69, 9.17) is 0 Å². The molecule has 0 saturated heterocycles. The highest BCUT2D eigenvalue weighted by Gasteiger charge is 2.29. The smallest absolute Gasteiger partial charge is 0.234 e. The van der Waals surface area contributed by atoms with E-state index in [9.17, 15) is 9.90 Å². The highest BCUT2D eigenvalue weighted by atomic mass is 16.3.